The van der Waals surface area contributed by atoms with Crippen LogP contribution in [0.15, 0.2) is 11.1 Å². The van der Waals surface area contributed by atoms with Crippen LogP contribution < -0.4 is 0 Å². The van der Waals surface area contributed by atoms with Crippen LogP contribution in [0.3, 0.4) is 0 Å². The van der Waals surface area contributed by atoms with E-state index in [0.29, 0.717) is 0 Å². The highest BCUT2D eigenvalue weighted by atomic mass is 19.4. The molecule has 0 fully saturated rings. The maximum absolute atomic E-state index is 12.9. The van der Waals surface area contributed by atoms with Crippen molar-refractivity contribution in [2.24, 2.45) is 0 Å². The van der Waals surface area contributed by atoms with Gasteiger partial charge in [0.15, 0.2) is 0 Å². The third-order valence-corrected chi connectivity index (χ3v) is 3.98. The molecule has 0 aromatic rings. The van der Waals surface area contributed by atoms with Crippen LogP contribution in [0, 0.1) is 0 Å². The Morgan fingerprint density at radius 1 is 0.462 bits per heavy atom. The summed E-state index contributed by atoms with van der Waals surface area (Å²) < 4.78 is 155. The summed E-state index contributed by atoms with van der Waals surface area (Å²) >= 11 is 0. The molecule has 0 aromatic carbocycles. The highest BCUT2D eigenvalue weighted by Gasteiger charge is 2.77. The molecule has 1 rings (SSSR count). The molecular formula is C12H10F12O2. The minimum atomic E-state index is -6.68. The third kappa shape index (κ3) is 3.25. The average Bonchev–Trinajstić information content (AvgIpc) is 2.40. The van der Waals surface area contributed by atoms with Crippen molar-refractivity contribution >= 4 is 0 Å². The Morgan fingerprint density at radius 2 is 0.654 bits per heavy atom. The second-order valence-corrected chi connectivity index (χ2v) is 5.58. The molecular weight excluding hydrogens is 404 g/mol. The summed E-state index contributed by atoms with van der Waals surface area (Å²) in [5.74, 6) is 0. The van der Waals surface area contributed by atoms with Gasteiger partial charge in [0.05, 0.1) is 0 Å². The van der Waals surface area contributed by atoms with E-state index >= 15 is 0 Å². The highest BCUT2D eigenvalue weighted by Crippen LogP contribution is 2.57. The minimum absolute atomic E-state index is 0.654. The van der Waals surface area contributed by atoms with E-state index in [0.717, 1.165) is 0 Å². The lowest BCUT2D eigenvalue weighted by Gasteiger charge is -2.42. The van der Waals surface area contributed by atoms with Gasteiger partial charge in [-0.1, -0.05) is 0 Å². The Labute approximate surface area is 137 Å². The van der Waals surface area contributed by atoms with Crippen LogP contribution >= 0.6 is 0 Å². The van der Waals surface area contributed by atoms with E-state index in [-0.39, 0.29) is 0 Å². The molecule has 0 amide bonds. The number of hydrogen-bond donors (Lipinski definition) is 2. The van der Waals surface area contributed by atoms with Crippen LogP contribution in [0.5, 0.6) is 0 Å². The summed E-state index contributed by atoms with van der Waals surface area (Å²) in [5, 5.41) is 18.4. The van der Waals surface area contributed by atoms with Crippen molar-refractivity contribution in [2.45, 2.75) is 61.6 Å². The SMILES string of the molecule is OC(C1=C(C(O)(C(F)(F)F)C(F)(F)F)CCCC1)(C(F)(F)F)C(F)(F)F. The zero-order valence-electron chi connectivity index (χ0n) is 12.3. The number of alkyl halides is 12. The van der Waals surface area contributed by atoms with E-state index in [1.807, 2.05) is 0 Å². The van der Waals surface area contributed by atoms with Gasteiger partial charge < -0.3 is 10.2 Å². The predicted molar refractivity (Wildman–Crippen MR) is 59.6 cm³/mol. The molecule has 0 aromatic heterocycles. The fourth-order valence-corrected chi connectivity index (χ4v) is 2.71. The first-order chi connectivity index (χ1) is 11.2. The Kier molecular flexibility index (Phi) is 5.43. The fourth-order valence-electron chi connectivity index (χ4n) is 2.71. The average molecular weight is 414 g/mol. The maximum Gasteiger partial charge on any atom is 0.430 e. The van der Waals surface area contributed by atoms with Crippen molar-refractivity contribution < 1.29 is 62.9 Å². The highest BCUT2D eigenvalue weighted by molar-refractivity contribution is 5.38. The third-order valence-electron chi connectivity index (χ3n) is 3.98. The molecule has 0 saturated heterocycles. The lowest BCUT2D eigenvalue weighted by molar-refractivity contribution is -0.363. The van der Waals surface area contributed by atoms with Crippen molar-refractivity contribution in [2.75, 3.05) is 0 Å². The van der Waals surface area contributed by atoms with E-state index in [4.69, 9.17) is 0 Å². The summed E-state index contributed by atoms with van der Waals surface area (Å²) in [5.41, 5.74) is -17.1. The zero-order valence-corrected chi connectivity index (χ0v) is 12.3. The molecule has 0 aliphatic heterocycles. The topological polar surface area (TPSA) is 40.5 Å². The van der Waals surface area contributed by atoms with Gasteiger partial charge in [-0.05, 0) is 36.8 Å². The van der Waals surface area contributed by atoms with E-state index in [9.17, 15) is 62.9 Å². The second kappa shape index (κ2) is 6.17. The van der Waals surface area contributed by atoms with Gasteiger partial charge in [-0.25, -0.2) is 0 Å². The largest absolute Gasteiger partial charge is 0.430 e. The minimum Gasteiger partial charge on any atom is -0.370 e. The second-order valence-electron chi connectivity index (χ2n) is 5.58. The van der Waals surface area contributed by atoms with Crippen LogP contribution in [0.4, 0.5) is 52.7 Å². The summed E-state index contributed by atoms with van der Waals surface area (Å²) in [4.78, 5) is 0. The zero-order chi connectivity index (χ0) is 21.0. The van der Waals surface area contributed by atoms with Gasteiger partial charge in [0.25, 0.3) is 11.2 Å². The smallest absolute Gasteiger partial charge is 0.370 e. The summed E-state index contributed by atoms with van der Waals surface area (Å²) in [6.07, 6.45) is -31.2. The first kappa shape index (κ1) is 22.9. The summed E-state index contributed by atoms with van der Waals surface area (Å²) in [6.45, 7) is 0. The Bertz CT molecular complexity index is 485. The lowest BCUT2D eigenvalue weighted by atomic mass is 9.73. The van der Waals surface area contributed by atoms with Crippen LogP contribution in [0.1, 0.15) is 25.7 Å². The van der Waals surface area contributed by atoms with Crippen molar-refractivity contribution in [1.29, 1.82) is 0 Å². The first-order valence-electron chi connectivity index (χ1n) is 6.67. The molecule has 0 bridgehead atoms. The Morgan fingerprint density at radius 3 is 0.808 bits per heavy atom. The van der Waals surface area contributed by atoms with Gasteiger partial charge in [-0.2, -0.15) is 52.7 Å². The number of hydrogen-bond acceptors (Lipinski definition) is 2. The van der Waals surface area contributed by atoms with E-state index < -0.39 is 72.7 Å². The molecule has 0 atom stereocenters. The van der Waals surface area contributed by atoms with Crippen molar-refractivity contribution in [3.63, 3.8) is 0 Å². The molecule has 0 heterocycles. The molecule has 26 heavy (non-hydrogen) atoms. The molecule has 0 unspecified atom stereocenters. The van der Waals surface area contributed by atoms with Gasteiger partial charge in [-0.3, -0.25) is 0 Å². The monoisotopic (exact) mass is 414 g/mol. The standard InChI is InChI=1S/C12H10F12O2/c13-9(14,15)7(25,10(16,17)18)5-3-1-2-4-6(5)8(26,11(19,20)21)12(22,23)24/h25-26H,1-4H2. The first-order valence-corrected chi connectivity index (χ1v) is 6.67. The lowest BCUT2D eigenvalue weighted by Crippen LogP contribution is -2.63. The van der Waals surface area contributed by atoms with Crippen molar-refractivity contribution in [3.8, 4) is 0 Å². The molecule has 0 spiro atoms. The van der Waals surface area contributed by atoms with Crippen LogP contribution in [0.2, 0.25) is 0 Å². The number of aliphatic hydroxyl groups is 2. The van der Waals surface area contributed by atoms with Gasteiger partial charge in [0.2, 0.25) is 0 Å². The van der Waals surface area contributed by atoms with E-state index in [1.165, 1.54) is 0 Å². The molecule has 1 aliphatic carbocycles. The summed E-state index contributed by atoms with van der Waals surface area (Å²) in [7, 11) is 0. The van der Waals surface area contributed by atoms with E-state index in [1.54, 1.807) is 0 Å². The van der Waals surface area contributed by atoms with Gasteiger partial charge >= 0.3 is 24.7 Å². The van der Waals surface area contributed by atoms with Crippen LogP contribution in [-0.2, 0) is 0 Å². The molecule has 14 heteroatoms. The maximum atomic E-state index is 12.9. The Hall–Kier alpha value is -1.18. The van der Waals surface area contributed by atoms with Gasteiger partial charge in [0, 0.05) is 0 Å². The van der Waals surface area contributed by atoms with E-state index in [2.05, 4.69) is 0 Å². The molecule has 0 radical (unpaired) electrons. The molecule has 1 aliphatic rings. The van der Waals surface area contributed by atoms with Gasteiger partial charge in [0.1, 0.15) is 0 Å². The van der Waals surface area contributed by atoms with Crippen LogP contribution in [0.25, 0.3) is 0 Å². The van der Waals surface area contributed by atoms with Crippen molar-refractivity contribution in [1.82, 2.24) is 0 Å². The number of rotatable bonds is 2. The summed E-state index contributed by atoms with van der Waals surface area (Å²) in [6, 6.07) is 0. The van der Waals surface area contributed by atoms with Crippen LogP contribution in [-0.4, -0.2) is 46.1 Å². The fraction of sp³-hybridized carbons (Fsp3) is 0.833. The normalized spacial score (nSPS) is 19.2. The van der Waals surface area contributed by atoms with Crippen molar-refractivity contribution in [3.05, 3.63) is 11.1 Å². The Balaban J connectivity index is 3.97. The van der Waals surface area contributed by atoms with Gasteiger partial charge in [-0.15, -0.1) is 0 Å². The molecule has 2 N–H and O–H groups in total. The molecule has 0 saturated carbocycles. The quantitative estimate of drug-likeness (QED) is 0.514. The number of halogens is 12. The predicted octanol–water partition coefficient (Wildman–Crippen LogP) is 4.57. The molecule has 154 valence electrons. The molecule has 2 nitrogen and oxygen atoms in total.